The largest absolute Gasteiger partial charge is 0.461 e. The molecule has 2 aromatic carbocycles. The molecule has 0 saturated heterocycles. The van der Waals surface area contributed by atoms with E-state index in [0.717, 1.165) is 17.5 Å². The van der Waals surface area contributed by atoms with Crippen molar-refractivity contribution in [1.29, 1.82) is 0 Å². The predicted molar refractivity (Wildman–Crippen MR) is 95.6 cm³/mol. The molecule has 0 bridgehead atoms. The monoisotopic (exact) mass is 386 g/mol. The fourth-order valence-corrected chi connectivity index (χ4v) is 4.17. The Morgan fingerprint density at radius 3 is 1.82 bits per heavy atom. The maximum absolute atomic E-state index is 12.9. The quantitative estimate of drug-likeness (QED) is 0.704. The lowest BCUT2D eigenvalue weighted by atomic mass is 10.00. The van der Waals surface area contributed by atoms with Crippen LogP contribution in [0.3, 0.4) is 0 Å². The Hall–Kier alpha value is -2.76. The van der Waals surface area contributed by atoms with Gasteiger partial charge in [-0.3, -0.25) is 9.59 Å². The Morgan fingerprint density at radius 2 is 1.29 bits per heavy atom. The van der Waals surface area contributed by atoms with Crippen LogP contribution in [0.15, 0.2) is 48.5 Å². The third kappa shape index (κ3) is 3.91. The third-order valence-corrected chi connectivity index (χ3v) is 5.67. The van der Waals surface area contributed by atoms with Crippen molar-refractivity contribution in [2.75, 3.05) is 0 Å². The lowest BCUT2D eigenvalue weighted by molar-refractivity contribution is -0.152. The number of hydrogen-bond acceptors (Lipinski definition) is 4. The van der Waals surface area contributed by atoms with Gasteiger partial charge in [0.2, 0.25) is 0 Å². The van der Waals surface area contributed by atoms with Gasteiger partial charge in [-0.15, -0.1) is 0 Å². The molecule has 28 heavy (non-hydrogen) atoms. The minimum Gasteiger partial charge on any atom is -0.461 e. The molecule has 2 aliphatic rings. The number of fused-ring (bicyclic) bond motifs is 1. The molecule has 2 saturated carbocycles. The molecule has 4 unspecified atom stereocenters. The third-order valence-electron chi connectivity index (χ3n) is 5.67. The maximum Gasteiger partial charge on any atom is 0.309 e. The zero-order valence-electron chi connectivity index (χ0n) is 15.1. The normalized spacial score (nSPS) is 25.1. The molecule has 2 aliphatic carbocycles. The van der Waals surface area contributed by atoms with Gasteiger partial charge in [0.05, 0.1) is 11.8 Å². The summed E-state index contributed by atoms with van der Waals surface area (Å²) in [5.41, 5.74) is 1.44. The van der Waals surface area contributed by atoms with Gasteiger partial charge in [-0.2, -0.15) is 0 Å². The Labute approximate surface area is 161 Å². The Bertz CT molecular complexity index is 863. The average molecular weight is 386 g/mol. The average Bonchev–Trinajstić information content (AvgIpc) is 3.25. The van der Waals surface area contributed by atoms with Gasteiger partial charge in [0.25, 0.3) is 0 Å². The second kappa shape index (κ2) is 7.70. The van der Waals surface area contributed by atoms with Gasteiger partial charge in [-0.05, 0) is 60.1 Å². The highest BCUT2D eigenvalue weighted by molar-refractivity contribution is 5.81. The van der Waals surface area contributed by atoms with E-state index in [2.05, 4.69) is 0 Å². The van der Waals surface area contributed by atoms with Gasteiger partial charge < -0.3 is 9.47 Å². The standard InChI is InChI=1S/C22H20F2O4/c23-15-5-1-13(2-6-15)11-27-21(25)18-10-9-17-19(18)20(17)22(26)28-12-14-3-7-16(24)8-4-14/h1-8,17-20H,9-12H2. The Morgan fingerprint density at radius 1 is 0.786 bits per heavy atom. The zero-order chi connectivity index (χ0) is 19.7. The van der Waals surface area contributed by atoms with Gasteiger partial charge in [-0.25, -0.2) is 8.78 Å². The molecule has 4 rings (SSSR count). The van der Waals surface area contributed by atoms with Crippen molar-refractivity contribution in [3.05, 3.63) is 71.3 Å². The molecule has 0 N–H and O–H groups in total. The molecule has 0 radical (unpaired) electrons. The summed E-state index contributed by atoms with van der Waals surface area (Å²) >= 11 is 0. The van der Waals surface area contributed by atoms with E-state index in [-0.39, 0.29) is 60.5 Å². The highest BCUT2D eigenvalue weighted by Crippen LogP contribution is 2.61. The van der Waals surface area contributed by atoms with E-state index in [1.54, 1.807) is 24.3 Å². The van der Waals surface area contributed by atoms with Gasteiger partial charge in [0, 0.05) is 0 Å². The van der Waals surface area contributed by atoms with Crippen LogP contribution in [0, 0.1) is 35.3 Å². The van der Waals surface area contributed by atoms with Crippen LogP contribution >= 0.6 is 0 Å². The van der Waals surface area contributed by atoms with Crippen molar-refractivity contribution in [3.63, 3.8) is 0 Å². The van der Waals surface area contributed by atoms with Crippen molar-refractivity contribution in [1.82, 2.24) is 0 Å². The topological polar surface area (TPSA) is 52.6 Å². The SMILES string of the molecule is O=C(OCc1ccc(F)cc1)C1CCC2C(C(=O)OCc3ccc(F)cc3)C12. The Balaban J connectivity index is 1.27. The van der Waals surface area contributed by atoms with Crippen molar-refractivity contribution in [3.8, 4) is 0 Å². The van der Waals surface area contributed by atoms with Crippen molar-refractivity contribution in [2.45, 2.75) is 26.1 Å². The fourth-order valence-electron chi connectivity index (χ4n) is 4.17. The molecule has 0 amide bonds. The van der Waals surface area contributed by atoms with E-state index in [1.165, 1.54) is 24.3 Å². The molecule has 6 heteroatoms. The van der Waals surface area contributed by atoms with Crippen LogP contribution in [-0.4, -0.2) is 11.9 Å². The molecule has 4 atom stereocenters. The highest BCUT2D eigenvalue weighted by Gasteiger charge is 2.64. The highest BCUT2D eigenvalue weighted by atomic mass is 19.1. The van der Waals surface area contributed by atoms with Crippen LogP contribution in [0.1, 0.15) is 24.0 Å². The second-order valence-electron chi connectivity index (χ2n) is 7.42. The number of rotatable bonds is 6. The second-order valence-corrected chi connectivity index (χ2v) is 7.42. The number of esters is 2. The summed E-state index contributed by atoms with van der Waals surface area (Å²) in [5.74, 6) is -1.72. The Kier molecular flexibility index (Phi) is 5.11. The summed E-state index contributed by atoms with van der Waals surface area (Å²) in [6.45, 7) is 0.182. The fraction of sp³-hybridized carbons (Fsp3) is 0.364. The van der Waals surface area contributed by atoms with Crippen LogP contribution in [0.2, 0.25) is 0 Å². The van der Waals surface area contributed by atoms with Crippen LogP contribution in [0.4, 0.5) is 8.78 Å². The zero-order valence-corrected chi connectivity index (χ0v) is 15.1. The van der Waals surface area contributed by atoms with Gasteiger partial charge in [0.15, 0.2) is 0 Å². The van der Waals surface area contributed by atoms with Crippen molar-refractivity contribution < 1.29 is 27.8 Å². The van der Waals surface area contributed by atoms with Gasteiger partial charge >= 0.3 is 11.9 Å². The number of halogens is 2. The summed E-state index contributed by atoms with van der Waals surface area (Å²) in [7, 11) is 0. The number of carbonyl (C=O) groups excluding carboxylic acids is 2. The minimum absolute atomic E-state index is 0.0264. The summed E-state index contributed by atoms with van der Waals surface area (Å²) in [6.07, 6.45) is 1.51. The smallest absolute Gasteiger partial charge is 0.309 e. The van der Waals surface area contributed by atoms with E-state index in [9.17, 15) is 18.4 Å². The van der Waals surface area contributed by atoms with Crippen molar-refractivity contribution in [2.24, 2.45) is 23.7 Å². The lowest BCUT2D eigenvalue weighted by Gasteiger charge is -2.14. The molecule has 0 aromatic heterocycles. The maximum atomic E-state index is 12.9. The summed E-state index contributed by atoms with van der Waals surface area (Å²) in [6, 6.07) is 11.6. The van der Waals surface area contributed by atoms with Crippen molar-refractivity contribution >= 4 is 11.9 Å². The van der Waals surface area contributed by atoms with Crippen LogP contribution in [0.5, 0.6) is 0 Å². The molecular formula is C22H20F2O4. The molecule has 2 aromatic rings. The van der Waals surface area contributed by atoms with E-state index in [4.69, 9.17) is 9.47 Å². The van der Waals surface area contributed by atoms with Crippen LogP contribution in [-0.2, 0) is 32.3 Å². The molecule has 4 nitrogen and oxygen atoms in total. The summed E-state index contributed by atoms with van der Waals surface area (Å²) < 4.78 is 36.6. The number of carbonyl (C=O) groups is 2. The van der Waals surface area contributed by atoms with Gasteiger partial charge in [0.1, 0.15) is 24.8 Å². The van der Waals surface area contributed by atoms with E-state index in [0.29, 0.717) is 6.42 Å². The molecule has 146 valence electrons. The van der Waals surface area contributed by atoms with Gasteiger partial charge in [-0.1, -0.05) is 24.3 Å². The molecule has 0 spiro atoms. The minimum atomic E-state index is -0.339. The van der Waals surface area contributed by atoms with Crippen LogP contribution < -0.4 is 0 Å². The molecule has 2 fully saturated rings. The van der Waals surface area contributed by atoms with Crippen LogP contribution in [0.25, 0.3) is 0 Å². The summed E-state index contributed by atoms with van der Waals surface area (Å²) in [4.78, 5) is 24.8. The first-order valence-corrected chi connectivity index (χ1v) is 9.35. The summed E-state index contributed by atoms with van der Waals surface area (Å²) in [5, 5.41) is 0. The number of hydrogen-bond donors (Lipinski definition) is 0. The first-order chi connectivity index (χ1) is 13.5. The van der Waals surface area contributed by atoms with E-state index in [1.807, 2.05) is 0 Å². The number of benzene rings is 2. The lowest BCUT2D eigenvalue weighted by Crippen LogP contribution is -2.21. The molecule has 0 heterocycles. The number of ether oxygens (including phenoxy) is 2. The molecule has 0 aliphatic heterocycles. The van der Waals surface area contributed by atoms with E-state index >= 15 is 0 Å². The van der Waals surface area contributed by atoms with E-state index < -0.39 is 0 Å². The first kappa shape index (κ1) is 18.6. The molecular weight excluding hydrogens is 366 g/mol. The predicted octanol–water partition coefficient (Wildman–Crippen LogP) is 4.02. The first-order valence-electron chi connectivity index (χ1n) is 9.35.